The molecule has 0 spiro atoms. The molecule has 0 saturated carbocycles. The van der Waals surface area contributed by atoms with Crippen molar-refractivity contribution in [3.63, 3.8) is 0 Å². The van der Waals surface area contributed by atoms with Crippen molar-refractivity contribution in [2.24, 2.45) is 0 Å². The molecule has 0 aliphatic heterocycles. The quantitative estimate of drug-likeness (QED) is 0.790. The maximum absolute atomic E-state index is 12.5. The molecule has 2 N–H and O–H groups in total. The van der Waals surface area contributed by atoms with Gasteiger partial charge in [-0.2, -0.15) is 0 Å². The summed E-state index contributed by atoms with van der Waals surface area (Å²) in [6, 6.07) is 3.20. The first-order valence-corrected chi connectivity index (χ1v) is 10.1. The number of rotatable bonds is 5. The molecule has 2 rings (SSSR count). The largest absolute Gasteiger partial charge is 0.391 e. The van der Waals surface area contributed by atoms with Crippen LogP contribution in [0.25, 0.3) is 0 Å². The molecular formula is C13H16BrNO3S3. The van der Waals surface area contributed by atoms with Gasteiger partial charge in [-0.25, -0.2) is 13.1 Å². The number of hydrogen-bond acceptors (Lipinski definition) is 5. The third-order valence-corrected chi connectivity index (χ3v) is 7.79. The van der Waals surface area contributed by atoms with Gasteiger partial charge in [0.1, 0.15) is 4.90 Å². The van der Waals surface area contributed by atoms with Crippen molar-refractivity contribution in [2.75, 3.05) is 0 Å². The second-order valence-corrected chi connectivity index (χ2v) is 10.3. The fourth-order valence-electron chi connectivity index (χ4n) is 2.10. The number of aryl methyl sites for hydroxylation is 2. The zero-order valence-electron chi connectivity index (χ0n) is 11.8. The number of thiophene rings is 2. The Morgan fingerprint density at radius 2 is 2.00 bits per heavy atom. The number of sulfonamides is 1. The van der Waals surface area contributed by atoms with E-state index in [4.69, 9.17) is 5.11 Å². The zero-order valence-corrected chi connectivity index (χ0v) is 15.8. The van der Waals surface area contributed by atoms with E-state index in [0.29, 0.717) is 8.66 Å². The lowest BCUT2D eigenvalue weighted by Gasteiger charge is -2.14. The Hall–Kier alpha value is -0.250. The lowest BCUT2D eigenvalue weighted by Crippen LogP contribution is -2.26. The Bertz CT molecular complexity index is 749. The van der Waals surface area contributed by atoms with Crippen LogP contribution in [0.3, 0.4) is 0 Å². The highest BCUT2D eigenvalue weighted by atomic mass is 79.9. The molecule has 8 heteroatoms. The summed E-state index contributed by atoms with van der Waals surface area (Å²) in [5.41, 5.74) is 0.995. The molecule has 21 heavy (non-hydrogen) atoms. The maximum atomic E-state index is 12.5. The molecule has 1 unspecified atom stereocenters. The minimum Gasteiger partial charge on any atom is -0.391 e. The van der Waals surface area contributed by atoms with Crippen LogP contribution in [0.4, 0.5) is 0 Å². The predicted octanol–water partition coefficient (Wildman–Crippen LogP) is 3.72. The molecule has 0 bridgehead atoms. The fourth-order valence-corrected chi connectivity index (χ4v) is 6.89. The first kappa shape index (κ1) is 17.1. The lowest BCUT2D eigenvalue weighted by atomic mass is 10.1. The average Bonchev–Trinajstić information content (AvgIpc) is 2.91. The Kier molecular flexibility index (Phi) is 5.27. The summed E-state index contributed by atoms with van der Waals surface area (Å²) in [7, 11) is -3.63. The van der Waals surface area contributed by atoms with Crippen LogP contribution in [-0.2, 0) is 16.6 Å². The fraction of sp³-hybridized carbons (Fsp3) is 0.385. The number of hydrogen-bond donors (Lipinski definition) is 2. The Morgan fingerprint density at radius 3 is 2.48 bits per heavy atom. The molecule has 2 aromatic rings. The molecule has 0 aromatic carbocycles. The van der Waals surface area contributed by atoms with Gasteiger partial charge in [-0.05, 0) is 54.4 Å². The van der Waals surface area contributed by atoms with E-state index in [1.807, 2.05) is 26.8 Å². The van der Waals surface area contributed by atoms with E-state index in [9.17, 15) is 8.42 Å². The maximum Gasteiger partial charge on any atom is 0.243 e. The van der Waals surface area contributed by atoms with E-state index in [1.165, 1.54) is 17.4 Å². The summed E-state index contributed by atoms with van der Waals surface area (Å²) in [6.07, 6.45) is 0. The lowest BCUT2D eigenvalue weighted by molar-refractivity contribution is 0.285. The van der Waals surface area contributed by atoms with Crippen molar-refractivity contribution in [2.45, 2.75) is 38.3 Å². The van der Waals surface area contributed by atoms with Gasteiger partial charge in [-0.1, -0.05) is 0 Å². The first-order valence-electron chi connectivity index (χ1n) is 6.23. The van der Waals surface area contributed by atoms with Crippen LogP contribution >= 0.6 is 38.6 Å². The van der Waals surface area contributed by atoms with E-state index < -0.39 is 10.0 Å². The third kappa shape index (κ3) is 3.75. The van der Waals surface area contributed by atoms with Gasteiger partial charge in [0.15, 0.2) is 0 Å². The van der Waals surface area contributed by atoms with Gasteiger partial charge in [0.2, 0.25) is 10.0 Å². The number of aliphatic hydroxyl groups excluding tert-OH is 1. The SMILES string of the molecule is Cc1cc(C(C)NS(=O)(=O)c2cc(CO)sc2Br)c(C)s1. The summed E-state index contributed by atoms with van der Waals surface area (Å²) >= 11 is 6.12. The van der Waals surface area contributed by atoms with Crippen LogP contribution in [0.5, 0.6) is 0 Å². The van der Waals surface area contributed by atoms with Gasteiger partial charge in [-0.15, -0.1) is 22.7 Å². The van der Waals surface area contributed by atoms with Gasteiger partial charge < -0.3 is 5.11 Å². The van der Waals surface area contributed by atoms with Crippen molar-refractivity contribution < 1.29 is 13.5 Å². The van der Waals surface area contributed by atoms with E-state index in [1.54, 1.807) is 11.3 Å². The van der Waals surface area contributed by atoms with E-state index in [0.717, 1.165) is 15.3 Å². The molecule has 0 fully saturated rings. The van der Waals surface area contributed by atoms with Crippen molar-refractivity contribution >= 4 is 48.6 Å². The minimum absolute atomic E-state index is 0.169. The number of halogens is 1. The van der Waals surface area contributed by atoms with E-state index in [2.05, 4.69) is 20.7 Å². The number of nitrogens with one attached hydrogen (secondary N) is 1. The molecule has 0 saturated heterocycles. The molecule has 0 radical (unpaired) electrons. The van der Waals surface area contributed by atoms with Crippen LogP contribution in [0.1, 0.15) is 33.2 Å². The minimum atomic E-state index is -3.63. The summed E-state index contributed by atoms with van der Waals surface area (Å²) in [5.74, 6) is 0. The highest BCUT2D eigenvalue weighted by Gasteiger charge is 2.24. The molecule has 2 heterocycles. The van der Waals surface area contributed by atoms with Crippen molar-refractivity contribution in [3.05, 3.63) is 36.1 Å². The topological polar surface area (TPSA) is 66.4 Å². The van der Waals surface area contributed by atoms with Gasteiger partial charge >= 0.3 is 0 Å². The van der Waals surface area contributed by atoms with Crippen LogP contribution in [0.15, 0.2) is 20.8 Å². The normalized spacial score (nSPS) is 13.6. The first-order chi connectivity index (χ1) is 9.74. The van der Waals surface area contributed by atoms with Gasteiger partial charge in [-0.3, -0.25) is 0 Å². The smallest absolute Gasteiger partial charge is 0.243 e. The summed E-state index contributed by atoms with van der Waals surface area (Å²) in [5, 5.41) is 9.12. The molecular weight excluding hydrogens is 394 g/mol. The van der Waals surface area contributed by atoms with E-state index >= 15 is 0 Å². The van der Waals surface area contributed by atoms with Crippen molar-refractivity contribution in [1.82, 2.24) is 4.72 Å². The molecule has 2 aromatic heterocycles. The van der Waals surface area contributed by atoms with Crippen molar-refractivity contribution in [1.29, 1.82) is 0 Å². The average molecular weight is 410 g/mol. The Balaban J connectivity index is 2.28. The Morgan fingerprint density at radius 1 is 1.33 bits per heavy atom. The van der Waals surface area contributed by atoms with Crippen LogP contribution in [0, 0.1) is 13.8 Å². The highest BCUT2D eigenvalue weighted by molar-refractivity contribution is 9.11. The third-order valence-electron chi connectivity index (χ3n) is 3.03. The number of aliphatic hydroxyl groups is 1. The summed E-state index contributed by atoms with van der Waals surface area (Å²) < 4.78 is 28.1. The summed E-state index contributed by atoms with van der Waals surface area (Å²) in [6.45, 7) is 5.66. The van der Waals surface area contributed by atoms with Gasteiger partial charge in [0, 0.05) is 20.7 Å². The predicted molar refractivity (Wildman–Crippen MR) is 90.5 cm³/mol. The molecule has 0 amide bonds. The molecule has 0 aliphatic carbocycles. The van der Waals surface area contributed by atoms with Crippen LogP contribution in [-0.4, -0.2) is 13.5 Å². The second-order valence-electron chi connectivity index (χ2n) is 4.72. The van der Waals surface area contributed by atoms with Crippen molar-refractivity contribution in [3.8, 4) is 0 Å². The van der Waals surface area contributed by atoms with Gasteiger partial charge in [0.05, 0.1) is 10.4 Å². The molecule has 0 aliphatic rings. The summed E-state index contributed by atoms with van der Waals surface area (Å²) in [4.78, 5) is 3.06. The van der Waals surface area contributed by atoms with Gasteiger partial charge in [0.25, 0.3) is 0 Å². The van der Waals surface area contributed by atoms with Crippen LogP contribution in [0.2, 0.25) is 0 Å². The monoisotopic (exact) mass is 409 g/mol. The highest BCUT2D eigenvalue weighted by Crippen LogP contribution is 2.33. The zero-order chi connectivity index (χ0) is 15.8. The standard InChI is InChI=1S/C13H16BrNO3S3/c1-7-4-11(9(3)19-7)8(2)15-21(17,18)12-5-10(6-16)20-13(12)14/h4-5,8,15-16H,6H2,1-3H3. The second kappa shape index (κ2) is 6.47. The molecule has 4 nitrogen and oxygen atoms in total. The van der Waals surface area contributed by atoms with Crippen LogP contribution < -0.4 is 4.72 Å². The molecule has 1 atom stereocenters. The van der Waals surface area contributed by atoms with E-state index in [-0.39, 0.29) is 17.5 Å². The Labute approximate surface area is 141 Å². The molecule has 116 valence electrons.